The minimum Gasteiger partial charge on any atom is -0.506 e. The van der Waals surface area contributed by atoms with E-state index >= 15 is 0 Å². The number of rotatable bonds is 2. The maximum absolute atomic E-state index is 10.6. The molecule has 0 unspecified atom stereocenters. The molecule has 0 saturated heterocycles. The van der Waals surface area contributed by atoms with Gasteiger partial charge in [0.15, 0.2) is 5.58 Å². The molecule has 10 heteroatoms. The number of fused-ring (bicyclic) bond motifs is 1. The van der Waals surface area contributed by atoms with Gasteiger partial charge in [0.2, 0.25) is 5.89 Å². The van der Waals surface area contributed by atoms with Gasteiger partial charge in [0.05, 0.1) is 15.5 Å². The van der Waals surface area contributed by atoms with Gasteiger partial charge in [-0.15, -0.1) is 0 Å². The maximum atomic E-state index is 10.6. The number of halogens is 2. The van der Waals surface area contributed by atoms with E-state index in [9.17, 15) is 10.1 Å². The van der Waals surface area contributed by atoms with Crippen LogP contribution in [0.3, 0.4) is 0 Å². The third-order valence-corrected chi connectivity index (χ3v) is 4.82. The van der Waals surface area contributed by atoms with Crippen molar-refractivity contribution >= 4 is 56.3 Å². The molecule has 0 amide bonds. The molecule has 138 valence electrons. The van der Waals surface area contributed by atoms with E-state index in [4.69, 9.17) is 38.5 Å². The summed E-state index contributed by atoms with van der Waals surface area (Å²) < 4.78 is 5.52. The fourth-order valence-corrected chi connectivity index (χ4v) is 3.17. The van der Waals surface area contributed by atoms with E-state index in [1.165, 1.54) is 18.2 Å². The van der Waals surface area contributed by atoms with Gasteiger partial charge in [0.25, 0.3) is 0 Å². The van der Waals surface area contributed by atoms with Crippen molar-refractivity contribution in [3.8, 4) is 16.5 Å². The van der Waals surface area contributed by atoms with E-state index in [1.807, 2.05) is 0 Å². The van der Waals surface area contributed by atoms with Gasteiger partial charge in [-0.05, 0) is 42.5 Å². The Balaban J connectivity index is 0.000000197. The van der Waals surface area contributed by atoms with Crippen molar-refractivity contribution in [1.29, 1.82) is 0 Å². The number of aromatic hydroxyl groups is 1. The minimum absolute atomic E-state index is 0.0605. The number of hydrogen-bond donors (Lipinski definition) is 2. The van der Waals surface area contributed by atoms with Crippen LogP contribution in [0, 0.1) is 10.1 Å². The molecule has 0 atom stereocenters. The molecule has 0 bridgehead atoms. The highest BCUT2D eigenvalue weighted by Crippen LogP contribution is 2.34. The lowest BCUT2D eigenvalue weighted by atomic mass is 10.3. The van der Waals surface area contributed by atoms with Crippen molar-refractivity contribution in [2.24, 2.45) is 0 Å². The summed E-state index contributed by atoms with van der Waals surface area (Å²) in [7, 11) is 0. The van der Waals surface area contributed by atoms with Crippen molar-refractivity contribution in [3.63, 3.8) is 0 Å². The lowest BCUT2D eigenvalue weighted by molar-refractivity contribution is -0.380. The molecule has 3 N–H and O–H groups in total. The average Bonchev–Trinajstić information content (AvgIpc) is 3.25. The summed E-state index contributed by atoms with van der Waals surface area (Å²) in [6, 6.07) is 12.7. The van der Waals surface area contributed by atoms with Crippen LogP contribution in [-0.2, 0) is 0 Å². The zero-order valence-corrected chi connectivity index (χ0v) is 15.8. The molecule has 0 radical (unpaired) electrons. The third-order valence-electron chi connectivity index (χ3n) is 3.32. The zero-order valence-electron chi connectivity index (χ0n) is 13.4. The second kappa shape index (κ2) is 7.83. The summed E-state index contributed by atoms with van der Waals surface area (Å²) >= 11 is 12.4. The fraction of sp³-hybridized carbons (Fsp3) is 0. The van der Waals surface area contributed by atoms with E-state index in [1.54, 1.807) is 30.3 Å². The first-order valence-electron chi connectivity index (χ1n) is 7.38. The number of nitro groups is 1. The Labute approximate surface area is 166 Å². The Morgan fingerprint density at radius 3 is 2.44 bits per heavy atom. The van der Waals surface area contributed by atoms with Crippen molar-refractivity contribution in [2.75, 3.05) is 5.73 Å². The number of oxazole rings is 1. The van der Waals surface area contributed by atoms with E-state index in [-0.39, 0.29) is 10.8 Å². The second-order valence-corrected chi connectivity index (χ2v) is 7.16. The zero-order chi connectivity index (χ0) is 19.6. The quantitative estimate of drug-likeness (QED) is 0.183. The smallest absolute Gasteiger partial charge is 0.324 e. The number of aromatic nitrogens is 1. The molecule has 2 aromatic heterocycles. The minimum atomic E-state index is -0.437. The Morgan fingerprint density at radius 1 is 1.11 bits per heavy atom. The summed E-state index contributed by atoms with van der Waals surface area (Å²) in [5.41, 5.74) is 6.83. The number of phenols is 1. The van der Waals surface area contributed by atoms with E-state index in [0.717, 1.165) is 11.3 Å². The van der Waals surface area contributed by atoms with Gasteiger partial charge in [0.1, 0.15) is 11.3 Å². The fourth-order valence-electron chi connectivity index (χ4n) is 2.07. The normalized spacial score (nSPS) is 10.4. The predicted octanol–water partition coefficient (Wildman–Crippen LogP) is 5.75. The summed E-state index contributed by atoms with van der Waals surface area (Å²) in [6.45, 7) is 0. The van der Waals surface area contributed by atoms with Crippen molar-refractivity contribution in [1.82, 2.24) is 4.98 Å². The SMILES string of the molecule is Nc1cc(Cl)ccc1O.O=[N+]([O-])c1ccc(-c2nc3cc(Cl)ccc3o2)s1. The van der Waals surface area contributed by atoms with Gasteiger partial charge in [-0.25, -0.2) is 4.98 Å². The van der Waals surface area contributed by atoms with Gasteiger partial charge in [0, 0.05) is 16.1 Å². The largest absolute Gasteiger partial charge is 0.506 e. The van der Waals surface area contributed by atoms with Gasteiger partial charge >= 0.3 is 5.00 Å². The Kier molecular flexibility index (Phi) is 5.50. The topological polar surface area (TPSA) is 115 Å². The van der Waals surface area contributed by atoms with Gasteiger partial charge in [-0.1, -0.05) is 34.5 Å². The van der Waals surface area contributed by atoms with Gasteiger partial charge < -0.3 is 15.3 Å². The van der Waals surface area contributed by atoms with Crippen molar-refractivity contribution in [2.45, 2.75) is 0 Å². The van der Waals surface area contributed by atoms with Crippen LogP contribution >= 0.6 is 34.5 Å². The average molecular weight is 424 g/mol. The van der Waals surface area contributed by atoms with Crippen LogP contribution in [0.1, 0.15) is 0 Å². The number of nitrogens with two attached hydrogens (primary N) is 1. The number of anilines is 1. The van der Waals surface area contributed by atoms with Crippen LogP contribution in [0.15, 0.2) is 52.9 Å². The van der Waals surface area contributed by atoms with E-state index in [2.05, 4.69) is 4.98 Å². The molecule has 4 rings (SSSR count). The summed E-state index contributed by atoms with van der Waals surface area (Å²) in [5, 5.41) is 20.6. The highest BCUT2D eigenvalue weighted by atomic mass is 35.5. The molecular weight excluding hydrogens is 413 g/mol. The molecule has 0 saturated carbocycles. The van der Waals surface area contributed by atoms with Gasteiger partial charge in [-0.2, -0.15) is 0 Å². The molecule has 0 aliphatic heterocycles. The maximum Gasteiger partial charge on any atom is 0.324 e. The molecule has 0 aliphatic carbocycles. The van der Waals surface area contributed by atoms with Crippen LogP contribution in [-0.4, -0.2) is 15.0 Å². The molecular formula is C17H11Cl2N3O4S. The first kappa shape index (κ1) is 19.0. The first-order chi connectivity index (χ1) is 12.8. The first-order valence-corrected chi connectivity index (χ1v) is 8.95. The van der Waals surface area contributed by atoms with E-state index in [0.29, 0.717) is 37.6 Å². The van der Waals surface area contributed by atoms with Crippen molar-refractivity contribution < 1.29 is 14.4 Å². The third kappa shape index (κ3) is 4.48. The summed E-state index contributed by atoms with van der Waals surface area (Å²) in [4.78, 5) is 15.0. The van der Waals surface area contributed by atoms with E-state index < -0.39 is 4.92 Å². The number of nitrogens with zero attached hydrogens (tertiary/aromatic N) is 2. The number of benzene rings is 2. The monoisotopic (exact) mass is 423 g/mol. The molecule has 0 fully saturated rings. The second-order valence-electron chi connectivity index (χ2n) is 5.23. The predicted molar refractivity (Wildman–Crippen MR) is 107 cm³/mol. The molecule has 4 aromatic rings. The number of thiophene rings is 1. The Morgan fingerprint density at radius 2 is 1.81 bits per heavy atom. The molecule has 27 heavy (non-hydrogen) atoms. The molecule has 2 aromatic carbocycles. The van der Waals surface area contributed by atoms with Crippen LogP contribution in [0.5, 0.6) is 5.75 Å². The Bertz CT molecular complexity index is 1130. The molecule has 7 nitrogen and oxygen atoms in total. The summed E-state index contributed by atoms with van der Waals surface area (Å²) in [6.07, 6.45) is 0. The van der Waals surface area contributed by atoms with Crippen LogP contribution in [0.2, 0.25) is 10.0 Å². The van der Waals surface area contributed by atoms with Crippen LogP contribution < -0.4 is 5.73 Å². The van der Waals surface area contributed by atoms with Crippen LogP contribution in [0.4, 0.5) is 10.7 Å². The summed E-state index contributed by atoms with van der Waals surface area (Å²) in [5.74, 6) is 0.435. The highest BCUT2D eigenvalue weighted by Gasteiger charge is 2.15. The molecule has 0 aliphatic rings. The highest BCUT2D eigenvalue weighted by molar-refractivity contribution is 7.18. The Hall–Kier alpha value is -2.81. The molecule has 0 spiro atoms. The van der Waals surface area contributed by atoms with Crippen LogP contribution in [0.25, 0.3) is 21.9 Å². The van der Waals surface area contributed by atoms with Gasteiger partial charge in [-0.3, -0.25) is 10.1 Å². The number of hydrogen-bond acceptors (Lipinski definition) is 7. The standard InChI is InChI=1S/C11H5ClN2O3S.C6H6ClNO/c12-6-1-2-8-7(5-6)13-11(17-8)9-3-4-10(18-9)14(15)16;7-4-1-2-6(9)5(8)3-4/h1-5H;1-3,9H,8H2. The van der Waals surface area contributed by atoms with Crippen molar-refractivity contribution in [3.05, 3.63) is 68.7 Å². The lowest BCUT2D eigenvalue weighted by Crippen LogP contribution is -1.83. The number of phenolic OH excluding ortho intramolecular Hbond substituents is 1. The molecule has 2 heterocycles. The number of nitrogen functional groups attached to an aromatic ring is 1. The lowest BCUT2D eigenvalue weighted by Gasteiger charge is -1.95.